The van der Waals surface area contributed by atoms with E-state index in [2.05, 4.69) is 15.3 Å². The van der Waals surface area contributed by atoms with Crippen LogP contribution in [0.1, 0.15) is 29.4 Å². The van der Waals surface area contributed by atoms with Crippen molar-refractivity contribution in [3.05, 3.63) is 51.8 Å². The van der Waals surface area contributed by atoms with Gasteiger partial charge < -0.3 is 10.7 Å². The molecule has 4 N–H and O–H groups in total. The molecule has 3 rings (SSSR count). The topological polar surface area (TPSA) is 101 Å². The fraction of sp³-hybridized carbons (Fsp3) is 0.188. The fourth-order valence-corrected chi connectivity index (χ4v) is 3.22. The molecule has 0 bridgehead atoms. The Bertz CT molecular complexity index is 896. The number of benzene rings is 1. The third-order valence-corrected chi connectivity index (χ3v) is 4.33. The Kier molecular flexibility index (Phi) is 4.12. The molecule has 2 heterocycles. The van der Waals surface area contributed by atoms with Crippen LogP contribution in [0, 0.1) is 0 Å². The molecule has 2 aromatic heterocycles. The van der Waals surface area contributed by atoms with E-state index in [1.807, 2.05) is 31.2 Å². The van der Waals surface area contributed by atoms with Crippen LogP contribution in [0.25, 0.3) is 10.2 Å². The Labute approximate surface area is 136 Å². The smallest absolute Gasteiger partial charge is 0.265 e. The zero-order valence-corrected chi connectivity index (χ0v) is 13.4. The number of rotatable bonds is 4. The normalized spacial score (nSPS) is 10.8. The van der Waals surface area contributed by atoms with Crippen molar-refractivity contribution in [2.24, 2.45) is 0 Å². The van der Waals surface area contributed by atoms with Crippen molar-refractivity contribution in [2.45, 2.75) is 19.8 Å². The van der Waals surface area contributed by atoms with Gasteiger partial charge in [0.1, 0.15) is 11.4 Å². The number of nitrogens with zero attached hydrogens (tertiary/aromatic N) is 1. The predicted octanol–water partition coefficient (Wildman–Crippen LogP) is 2.77. The molecule has 0 radical (unpaired) electrons. The van der Waals surface area contributed by atoms with Gasteiger partial charge in [-0.1, -0.05) is 36.8 Å². The summed E-state index contributed by atoms with van der Waals surface area (Å²) in [6.45, 7) is 2.00. The number of nitrogens with one attached hydrogen (secondary N) is 2. The van der Waals surface area contributed by atoms with Gasteiger partial charge in [0.05, 0.1) is 10.2 Å². The first-order valence-corrected chi connectivity index (χ1v) is 8.08. The zero-order valence-electron chi connectivity index (χ0n) is 12.6. The fourth-order valence-electron chi connectivity index (χ4n) is 2.36. The molecule has 1 aromatic carbocycles. The maximum Gasteiger partial charge on any atom is 0.265 e. The molecular weight excluding hydrogens is 312 g/mol. The van der Waals surface area contributed by atoms with Crippen molar-refractivity contribution in [3.63, 3.8) is 0 Å². The molecule has 6 nitrogen and oxygen atoms in total. The number of nitrogens with two attached hydrogens (primary N) is 1. The highest BCUT2D eigenvalue weighted by Crippen LogP contribution is 2.25. The number of H-pyrrole nitrogens is 1. The number of hydrogen-bond acceptors (Lipinski definition) is 5. The van der Waals surface area contributed by atoms with Crippen LogP contribution in [-0.2, 0) is 6.42 Å². The number of hydrogen-bond donors (Lipinski definition) is 3. The second-order valence-corrected chi connectivity index (χ2v) is 6.17. The van der Waals surface area contributed by atoms with Gasteiger partial charge in [-0.05, 0) is 18.6 Å². The van der Waals surface area contributed by atoms with Crippen LogP contribution in [0.2, 0.25) is 0 Å². The van der Waals surface area contributed by atoms with E-state index in [9.17, 15) is 9.59 Å². The molecule has 0 aliphatic heterocycles. The third-order valence-electron chi connectivity index (χ3n) is 3.38. The van der Waals surface area contributed by atoms with Crippen LogP contribution in [0.15, 0.2) is 35.1 Å². The van der Waals surface area contributed by atoms with E-state index in [1.165, 1.54) is 17.4 Å². The number of aromatic nitrogens is 2. The van der Waals surface area contributed by atoms with Gasteiger partial charge in [0.15, 0.2) is 10.6 Å². The Hall–Kier alpha value is -2.67. The van der Waals surface area contributed by atoms with Gasteiger partial charge in [-0.3, -0.25) is 14.9 Å². The molecule has 0 spiro atoms. The van der Waals surface area contributed by atoms with E-state index in [-0.39, 0.29) is 16.8 Å². The van der Waals surface area contributed by atoms with Crippen molar-refractivity contribution in [2.75, 3.05) is 11.1 Å². The highest BCUT2D eigenvalue weighted by molar-refractivity contribution is 7.22. The van der Waals surface area contributed by atoms with E-state index < -0.39 is 5.91 Å². The SMILES string of the molecule is CCCc1cc(=O)c(C(=O)Nc2nc3ccccc3s2)c(N)[nH]1. The number of carbonyl (C=O) groups excluding carboxylic acids is 1. The number of thiazole rings is 1. The summed E-state index contributed by atoms with van der Waals surface area (Å²) >= 11 is 1.35. The average Bonchev–Trinajstić information content (AvgIpc) is 2.88. The lowest BCUT2D eigenvalue weighted by Crippen LogP contribution is -2.24. The number of anilines is 2. The average molecular weight is 328 g/mol. The summed E-state index contributed by atoms with van der Waals surface area (Å²) in [5.41, 5.74) is 6.91. The van der Waals surface area contributed by atoms with Crippen molar-refractivity contribution in [1.29, 1.82) is 0 Å². The summed E-state index contributed by atoms with van der Waals surface area (Å²) in [5, 5.41) is 3.09. The van der Waals surface area contributed by atoms with Gasteiger partial charge in [-0.2, -0.15) is 0 Å². The third kappa shape index (κ3) is 3.09. The van der Waals surface area contributed by atoms with Crippen molar-refractivity contribution in [1.82, 2.24) is 9.97 Å². The molecule has 0 saturated heterocycles. The number of fused-ring (bicyclic) bond motifs is 1. The van der Waals surface area contributed by atoms with Crippen LogP contribution in [0.3, 0.4) is 0 Å². The van der Waals surface area contributed by atoms with E-state index in [0.717, 1.165) is 22.3 Å². The van der Waals surface area contributed by atoms with Gasteiger partial charge in [-0.15, -0.1) is 0 Å². The van der Waals surface area contributed by atoms with Crippen molar-refractivity contribution < 1.29 is 4.79 Å². The molecule has 7 heteroatoms. The predicted molar refractivity (Wildman–Crippen MR) is 93.0 cm³/mol. The second kappa shape index (κ2) is 6.21. The maximum absolute atomic E-state index is 12.4. The van der Waals surface area contributed by atoms with E-state index in [1.54, 1.807) is 0 Å². The lowest BCUT2D eigenvalue weighted by molar-refractivity contribution is 0.102. The van der Waals surface area contributed by atoms with Crippen molar-refractivity contribution in [3.8, 4) is 0 Å². The zero-order chi connectivity index (χ0) is 16.4. The van der Waals surface area contributed by atoms with Crippen LogP contribution in [0.4, 0.5) is 10.9 Å². The molecular formula is C16H16N4O2S. The highest BCUT2D eigenvalue weighted by Gasteiger charge is 2.17. The maximum atomic E-state index is 12.4. The molecule has 1 amide bonds. The van der Waals surface area contributed by atoms with E-state index in [4.69, 9.17) is 5.73 Å². The van der Waals surface area contributed by atoms with Gasteiger partial charge >= 0.3 is 0 Å². The quantitative estimate of drug-likeness (QED) is 0.685. The first-order valence-electron chi connectivity index (χ1n) is 7.27. The molecule has 0 unspecified atom stereocenters. The minimum atomic E-state index is -0.550. The van der Waals surface area contributed by atoms with Crippen molar-refractivity contribution >= 4 is 38.4 Å². The lowest BCUT2D eigenvalue weighted by atomic mass is 10.1. The summed E-state index contributed by atoms with van der Waals surface area (Å²) < 4.78 is 0.961. The standard InChI is InChI=1S/C16H16N4O2S/c1-2-5-9-8-11(21)13(14(17)18-9)15(22)20-16-19-10-6-3-4-7-12(10)23-16/h3-4,6-8H,2,5H2,1H3,(H3,17,18,21)(H,19,20,22). The van der Waals surface area contributed by atoms with Crippen LogP contribution in [0.5, 0.6) is 0 Å². The Morgan fingerprint density at radius 1 is 1.39 bits per heavy atom. The molecule has 0 saturated carbocycles. The molecule has 118 valence electrons. The Morgan fingerprint density at radius 3 is 2.87 bits per heavy atom. The summed E-state index contributed by atoms with van der Waals surface area (Å²) in [6.07, 6.45) is 1.59. The largest absolute Gasteiger partial charge is 0.384 e. The van der Waals surface area contributed by atoms with Crippen LogP contribution < -0.4 is 16.5 Å². The first-order chi connectivity index (χ1) is 11.1. The number of aryl methyl sites for hydroxylation is 1. The Morgan fingerprint density at radius 2 is 2.17 bits per heavy atom. The van der Waals surface area contributed by atoms with Gasteiger partial charge in [0.2, 0.25) is 0 Å². The molecule has 0 atom stereocenters. The number of carbonyl (C=O) groups is 1. The summed E-state index contributed by atoms with van der Waals surface area (Å²) in [7, 11) is 0. The molecule has 23 heavy (non-hydrogen) atoms. The number of para-hydroxylation sites is 1. The number of pyridine rings is 1. The number of aromatic amines is 1. The van der Waals surface area contributed by atoms with Crippen LogP contribution in [-0.4, -0.2) is 15.9 Å². The van der Waals surface area contributed by atoms with E-state index in [0.29, 0.717) is 11.6 Å². The van der Waals surface area contributed by atoms with Gasteiger partial charge in [0.25, 0.3) is 5.91 Å². The summed E-state index contributed by atoms with van der Waals surface area (Å²) in [6, 6.07) is 8.99. The number of nitrogen functional groups attached to an aromatic ring is 1. The molecule has 3 aromatic rings. The highest BCUT2D eigenvalue weighted by atomic mass is 32.1. The molecule has 0 fully saturated rings. The monoisotopic (exact) mass is 328 g/mol. The molecule has 0 aliphatic rings. The minimum Gasteiger partial charge on any atom is -0.384 e. The van der Waals surface area contributed by atoms with Crippen LogP contribution >= 0.6 is 11.3 Å². The number of amides is 1. The van der Waals surface area contributed by atoms with Gasteiger partial charge in [-0.25, -0.2) is 4.98 Å². The molecule has 0 aliphatic carbocycles. The summed E-state index contributed by atoms with van der Waals surface area (Å²) in [4.78, 5) is 31.7. The minimum absolute atomic E-state index is 0.0795. The van der Waals surface area contributed by atoms with Gasteiger partial charge in [0, 0.05) is 11.8 Å². The van der Waals surface area contributed by atoms with E-state index >= 15 is 0 Å². The first kappa shape index (κ1) is 15.2. The Balaban J connectivity index is 1.89. The summed E-state index contributed by atoms with van der Waals surface area (Å²) in [5.74, 6) is -0.467. The lowest BCUT2D eigenvalue weighted by Gasteiger charge is -2.07. The second-order valence-electron chi connectivity index (χ2n) is 5.14.